The standard InChI is InChI=1S/C17H19N3/c1-12-8-9-13(2)14(10-12)11-20(3)17-18-15-6-4-5-7-16(15)19-17/h4-10H,11H2,1-3H3,(H,18,19). The highest BCUT2D eigenvalue weighted by Gasteiger charge is 2.09. The highest BCUT2D eigenvalue weighted by molar-refractivity contribution is 5.77. The molecule has 102 valence electrons. The molecular formula is C17H19N3. The second-order valence-corrected chi connectivity index (χ2v) is 5.36. The summed E-state index contributed by atoms with van der Waals surface area (Å²) < 4.78 is 0. The minimum atomic E-state index is 0.854. The van der Waals surface area contributed by atoms with Crippen molar-refractivity contribution in [2.45, 2.75) is 20.4 Å². The van der Waals surface area contributed by atoms with Gasteiger partial charge in [-0.1, -0.05) is 35.9 Å². The molecule has 1 N–H and O–H groups in total. The Kier molecular flexibility index (Phi) is 3.18. The van der Waals surface area contributed by atoms with Crippen molar-refractivity contribution in [1.29, 1.82) is 0 Å². The molecule has 0 fully saturated rings. The quantitative estimate of drug-likeness (QED) is 0.780. The van der Waals surface area contributed by atoms with E-state index < -0.39 is 0 Å². The normalized spacial score (nSPS) is 10.9. The van der Waals surface area contributed by atoms with Crippen LogP contribution in [0.1, 0.15) is 16.7 Å². The Balaban J connectivity index is 1.88. The van der Waals surface area contributed by atoms with Crippen molar-refractivity contribution in [3.8, 4) is 0 Å². The van der Waals surface area contributed by atoms with Gasteiger partial charge in [0.2, 0.25) is 5.95 Å². The van der Waals surface area contributed by atoms with Crippen LogP contribution in [0.5, 0.6) is 0 Å². The van der Waals surface area contributed by atoms with E-state index in [2.05, 4.69) is 60.0 Å². The van der Waals surface area contributed by atoms with Crippen LogP contribution in [0, 0.1) is 13.8 Å². The molecule has 0 spiro atoms. The third kappa shape index (κ3) is 2.39. The van der Waals surface area contributed by atoms with Gasteiger partial charge in [-0.25, -0.2) is 4.98 Å². The van der Waals surface area contributed by atoms with Gasteiger partial charge in [-0.05, 0) is 37.1 Å². The fraction of sp³-hybridized carbons (Fsp3) is 0.235. The number of nitrogens with zero attached hydrogens (tertiary/aromatic N) is 2. The summed E-state index contributed by atoms with van der Waals surface area (Å²) in [5, 5.41) is 0. The van der Waals surface area contributed by atoms with E-state index in [1.165, 1.54) is 16.7 Å². The number of fused-ring (bicyclic) bond motifs is 1. The number of benzene rings is 2. The van der Waals surface area contributed by atoms with Gasteiger partial charge in [0.1, 0.15) is 0 Å². The van der Waals surface area contributed by atoms with Crippen LogP contribution in [-0.4, -0.2) is 17.0 Å². The second-order valence-electron chi connectivity index (χ2n) is 5.36. The molecule has 3 nitrogen and oxygen atoms in total. The van der Waals surface area contributed by atoms with Gasteiger partial charge in [0, 0.05) is 13.6 Å². The van der Waals surface area contributed by atoms with Gasteiger partial charge < -0.3 is 9.88 Å². The number of hydrogen-bond donors (Lipinski definition) is 1. The van der Waals surface area contributed by atoms with Crippen molar-refractivity contribution >= 4 is 17.0 Å². The summed E-state index contributed by atoms with van der Waals surface area (Å²) in [4.78, 5) is 10.2. The fourth-order valence-corrected chi connectivity index (χ4v) is 2.42. The summed E-state index contributed by atoms with van der Waals surface area (Å²) in [6.07, 6.45) is 0. The third-order valence-electron chi connectivity index (χ3n) is 3.65. The van der Waals surface area contributed by atoms with Gasteiger partial charge in [-0.15, -0.1) is 0 Å². The summed E-state index contributed by atoms with van der Waals surface area (Å²) >= 11 is 0. The van der Waals surface area contributed by atoms with E-state index in [4.69, 9.17) is 0 Å². The molecule has 0 radical (unpaired) electrons. The Morgan fingerprint density at radius 1 is 1.10 bits per heavy atom. The molecule has 0 unspecified atom stereocenters. The number of aryl methyl sites for hydroxylation is 2. The van der Waals surface area contributed by atoms with E-state index in [1.54, 1.807) is 0 Å². The lowest BCUT2D eigenvalue weighted by Crippen LogP contribution is -2.18. The summed E-state index contributed by atoms with van der Waals surface area (Å²) in [5.74, 6) is 0.909. The molecule has 0 bridgehead atoms. The maximum Gasteiger partial charge on any atom is 0.203 e. The lowest BCUT2D eigenvalue weighted by molar-refractivity contribution is 0.877. The molecule has 0 saturated carbocycles. The van der Waals surface area contributed by atoms with Crippen LogP contribution in [0.3, 0.4) is 0 Å². The van der Waals surface area contributed by atoms with Gasteiger partial charge in [0.25, 0.3) is 0 Å². The number of rotatable bonds is 3. The van der Waals surface area contributed by atoms with E-state index in [9.17, 15) is 0 Å². The molecule has 3 heteroatoms. The monoisotopic (exact) mass is 265 g/mol. The van der Waals surface area contributed by atoms with E-state index in [1.807, 2.05) is 18.2 Å². The van der Waals surface area contributed by atoms with Gasteiger partial charge in [0.15, 0.2) is 0 Å². The summed E-state index contributed by atoms with van der Waals surface area (Å²) in [6, 6.07) is 14.7. The third-order valence-corrected chi connectivity index (χ3v) is 3.65. The van der Waals surface area contributed by atoms with Crippen LogP contribution in [0.15, 0.2) is 42.5 Å². The number of aromatic amines is 1. The van der Waals surface area contributed by atoms with E-state index >= 15 is 0 Å². The lowest BCUT2D eigenvalue weighted by Gasteiger charge is -2.17. The van der Waals surface area contributed by atoms with Crippen molar-refractivity contribution in [2.75, 3.05) is 11.9 Å². The zero-order chi connectivity index (χ0) is 14.1. The summed E-state index contributed by atoms with van der Waals surface area (Å²) in [7, 11) is 2.07. The minimum absolute atomic E-state index is 0.854. The smallest absolute Gasteiger partial charge is 0.203 e. The molecule has 0 atom stereocenters. The number of H-pyrrole nitrogens is 1. The molecule has 20 heavy (non-hydrogen) atoms. The van der Waals surface area contributed by atoms with Crippen LogP contribution in [0.25, 0.3) is 11.0 Å². The minimum Gasteiger partial charge on any atom is -0.341 e. The van der Waals surface area contributed by atoms with Crippen LogP contribution >= 0.6 is 0 Å². The number of hydrogen-bond acceptors (Lipinski definition) is 2. The molecule has 0 aliphatic carbocycles. The topological polar surface area (TPSA) is 31.9 Å². The molecule has 0 amide bonds. The molecule has 1 heterocycles. The predicted octanol–water partition coefficient (Wildman–Crippen LogP) is 3.82. The average Bonchev–Trinajstić information content (AvgIpc) is 2.87. The molecule has 0 aliphatic heterocycles. The number of aromatic nitrogens is 2. The maximum atomic E-state index is 4.63. The molecule has 0 aliphatic rings. The Morgan fingerprint density at radius 2 is 1.90 bits per heavy atom. The van der Waals surface area contributed by atoms with Crippen molar-refractivity contribution in [3.63, 3.8) is 0 Å². The largest absolute Gasteiger partial charge is 0.341 e. The molecular weight excluding hydrogens is 246 g/mol. The average molecular weight is 265 g/mol. The zero-order valence-electron chi connectivity index (χ0n) is 12.1. The van der Waals surface area contributed by atoms with Crippen LogP contribution < -0.4 is 4.90 Å². The SMILES string of the molecule is Cc1ccc(C)c(CN(C)c2nc3ccccc3[nH]2)c1. The van der Waals surface area contributed by atoms with E-state index in [0.29, 0.717) is 0 Å². The Bertz CT molecular complexity index is 710. The number of anilines is 1. The van der Waals surface area contributed by atoms with Gasteiger partial charge in [-0.2, -0.15) is 0 Å². The first kappa shape index (κ1) is 12.7. The summed E-state index contributed by atoms with van der Waals surface area (Å²) in [6.45, 7) is 5.14. The van der Waals surface area contributed by atoms with Crippen molar-refractivity contribution in [1.82, 2.24) is 9.97 Å². The van der Waals surface area contributed by atoms with Crippen molar-refractivity contribution < 1.29 is 0 Å². The fourth-order valence-electron chi connectivity index (χ4n) is 2.42. The van der Waals surface area contributed by atoms with Gasteiger partial charge in [-0.3, -0.25) is 0 Å². The van der Waals surface area contributed by atoms with Gasteiger partial charge in [0.05, 0.1) is 11.0 Å². The Hall–Kier alpha value is -2.29. The first-order valence-corrected chi connectivity index (χ1v) is 6.85. The number of nitrogens with one attached hydrogen (secondary N) is 1. The second kappa shape index (κ2) is 5.00. The number of imidazole rings is 1. The van der Waals surface area contributed by atoms with Crippen LogP contribution in [0.2, 0.25) is 0 Å². The van der Waals surface area contributed by atoms with Crippen molar-refractivity contribution in [2.24, 2.45) is 0 Å². The van der Waals surface area contributed by atoms with E-state index in [-0.39, 0.29) is 0 Å². The summed E-state index contributed by atoms with van der Waals surface area (Å²) in [5.41, 5.74) is 6.04. The van der Waals surface area contributed by atoms with E-state index in [0.717, 1.165) is 23.5 Å². The lowest BCUT2D eigenvalue weighted by atomic mass is 10.1. The first-order valence-electron chi connectivity index (χ1n) is 6.85. The molecule has 0 saturated heterocycles. The van der Waals surface area contributed by atoms with Crippen LogP contribution in [-0.2, 0) is 6.54 Å². The predicted molar refractivity (Wildman–Crippen MR) is 84.1 cm³/mol. The van der Waals surface area contributed by atoms with Crippen molar-refractivity contribution in [3.05, 3.63) is 59.2 Å². The first-order chi connectivity index (χ1) is 9.63. The Labute approximate surface area is 119 Å². The highest BCUT2D eigenvalue weighted by Crippen LogP contribution is 2.19. The highest BCUT2D eigenvalue weighted by atomic mass is 15.2. The number of para-hydroxylation sites is 2. The molecule has 1 aromatic heterocycles. The maximum absolute atomic E-state index is 4.63. The molecule has 3 rings (SSSR count). The zero-order valence-corrected chi connectivity index (χ0v) is 12.1. The molecule has 2 aromatic carbocycles. The van der Waals surface area contributed by atoms with Gasteiger partial charge >= 0.3 is 0 Å². The Morgan fingerprint density at radius 3 is 2.70 bits per heavy atom. The van der Waals surface area contributed by atoms with Crippen LogP contribution in [0.4, 0.5) is 5.95 Å². The molecule has 3 aromatic rings.